The van der Waals surface area contributed by atoms with Crippen LogP contribution >= 0.6 is 0 Å². The van der Waals surface area contributed by atoms with Crippen LogP contribution in [0.25, 0.3) is 0 Å². The molecular formula is C19H26FN3O3S. The van der Waals surface area contributed by atoms with E-state index < -0.39 is 15.8 Å². The Labute approximate surface area is 160 Å². The Morgan fingerprint density at radius 1 is 1.26 bits per heavy atom. The van der Waals surface area contributed by atoms with Gasteiger partial charge >= 0.3 is 0 Å². The van der Waals surface area contributed by atoms with Gasteiger partial charge < -0.3 is 9.30 Å². The molecule has 6 nitrogen and oxygen atoms in total. The zero-order valence-electron chi connectivity index (χ0n) is 15.7. The molecule has 27 heavy (non-hydrogen) atoms. The molecule has 148 valence electrons. The first-order valence-electron chi connectivity index (χ1n) is 9.19. The Bertz CT molecular complexity index is 876. The number of likely N-dealkylation sites (tertiary alicyclic amines) is 1. The second kappa shape index (κ2) is 8.41. The van der Waals surface area contributed by atoms with E-state index in [4.69, 9.17) is 4.74 Å². The maximum Gasteiger partial charge on any atom is 0.240 e. The van der Waals surface area contributed by atoms with Crippen LogP contribution in [0, 0.1) is 5.82 Å². The van der Waals surface area contributed by atoms with Crippen LogP contribution in [0.3, 0.4) is 0 Å². The average Bonchev–Trinajstić information content (AvgIpc) is 3.30. The normalized spacial score (nSPS) is 16.6. The molecule has 1 atom stereocenters. The fraction of sp³-hybridized carbons (Fsp3) is 0.474. The summed E-state index contributed by atoms with van der Waals surface area (Å²) in [5.74, 6) is -0.631. The van der Waals surface area contributed by atoms with Crippen LogP contribution in [0.2, 0.25) is 0 Å². The Kier molecular flexibility index (Phi) is 6.18. The molecule has 1 aliphatic rings. The van der Waals surface area contributed by atoms with Gasteiger partial charge in [0.25, 0.3) is 0 Å². The van der Waals surface area contributed by atoms with Gasteiger partial charge in [-0.1, -0.05) is 0 Å². The molecule has 1 aromatic carbocycles. The number of ether oxygens (including phenoxy) is 1. The van der Waals surface area contributed by atoms with Crippen LogP contribution in [-0.2, 0) is 17.1 Å². The van der Waals surface area contributed by atoms with E-state index >= 15 is 0 Å². The summed E-state index contributed by atoms with van der Waals surface area (Å²) in [7, 11) is -1.87. The van der Waals surface area contributed by atoms with Gasteiger partial charge in [0.1, 0.15) is 0 Å². The summed E-state index contributed by atoms with van der Waals surface area (Å²) in [6.45, 7) is 4.17. The smallest absolute Gasteiger partial charge is 0.240 e. The molecule has 0 amide bonds. The second-order valence-electron chi connectivity index (χ2n) is 6.68. The van der Waals surface area contributed by atoms with Gasteiger partial charge in [-0.3, -0.25) is 4.90 Å². The predicted octanol–water partition coefficient (Wildman–Crippen LogP) is 2.68. The number of aryl methyl sites for hydroxylation is 1. The second-order valence-corrected chi connectivity index (χ2v) is 8.45. The van der Waals surface area contributed by atoms with E-state index in [-0.39, 0.29) is 23.2 Å². The number of hydrogen-bond acceptors (Lipinski definition) is 4. The predicted molar refractivity (Wildman–Crippen MR) is 102 cm³/mol. The van der Waals surface area contributed by atoms with E-state index in [9.17, 15) is 12.8 Å². The van der Waals surface area contributed by atoms with Crippen molar-refractivity contribution in [1.82, 2.24) is 14.2 Å². The molecule has 0 radical (unpaired) electrons. The van der Waals surface area contributed by atoms with Crippen molar-refractivity contribution in [1.29, 1.82) is 0 Å². The van der Waals surface area contributed by atoms with Crippen molar-refractivity contribution in [2.75, 3.05) is 26.2 Å². The first kappa shape index (κ1) is 19.9. The van der Waals surface area contributed by atoms with E-state index in [1.54, 1.807) is 6.92 Å². The van der Waals surface area contributed by atoms with E-state index in [2.05, 4.69) is 9.62 Å². The number of nitrogens with zero attached hydrogens (tertiary/aromatic N) is 2. The third kappa shape index (κ3) is 4.51. The zero-order chi connectivity index (χ0) is 19.4. The van der Waals surface area contributed by atoms with Crippen LogP contribution in [-0.4, -0.2) is 44.1 Å². The van der Waals surface area contributed by atoms with Crippen molar-refractivity contribution in [3.63, 3.8) is 0 Å². The number of halogens is 1. The maximum atomic E-state index is 14.1. The zero-order valence-corrected chi connectivity index (χ0v) is 16.5. The molecule has 2 heterocycles. The first-order chi connectivity index (χ1) is 12.9. The molecule has 1 fully saturated rings. The molecule has 1 N–H and O–H groups in total. The fourth-order valence-corrected chi connectivity index (χ4v) is 4.54. The van der Waals surface area contributed by atoms with Crippen molar-refractivity contribution in [2.24, 2.45) is 7.05 Å². The van der Waals surface area contributed by atoms with Gasteiger partial charge in [0.15, 0.2) is 11.6 Å². The van der Waals surface area contributed by atoms with Gasteiger partial charge in [-0.15, -0.1) is 0 Å². The van der Waals surface area contributed by atoms with E-state index in [0.29, 0.717) is 6.61 Å². The third-order valence-corrected chi connectivity index (χ3v) is 6.31. The van der Waals surface area contributed by atoms with E-state index in [1.165, 1.54) is 12.1 Å². The number of rotatable bonds is 8. The molecule has 0 saturated carbocycles. The van der Waals surface area contributed by atoms with E-state index in [1.807, 2.05) is 29.9 Å². The molecule has 0 spiro atoms. The van der Waals surface area contributed by atoms with Crippen LogP contribution in [0.5, 0.6) is 5.75 Å². The Morgan fingerprint density at radius 3 is 2.59 bits per heavy atom. The van der Waals surface area contributed by atoms with Gasteiger partial charge in [-0.05, 0) is 63.2 Å². The number of nitrogens with one attached hydrogen (secondary N) is 1. The van der Waals surface area contributed by atoms with Crippen LogP contribution < -0.4 is 9.46 Å². The first-order valence-corrected chi connectivity index (χ1v) is 10.7. The van der Waals surface area contributed by atoms with E-state index in [0.717, 1.165) is 37.7 Å². The third-order valence-electron chi connectivity index (χ3n) is 4.89. The highest BCUT2D eigenvalue weighted by Crippen LogP contribution is 2.26. The SMILES string of the molecule is CCOc1ccc(S(=O)(=O)NCC(c2cccn2C)N2CCCC2)cc1F. The van der Waals surface area contributed by atoms with Crippen molar-refractivity contribution >= 4 is 10.0 Å². The molecule has 1 saturated heterocycles. The quantitative estimate of drug-likeness (QED) is 0.746. The Morgan fingerprint density at radius 2 is 2.00 bits per heavy atom. The highest BCUT2D eigenvalue weighted by molar-refractivity contribution is 7.89. The van der Waals surface area contributed by atoms with Crippen molar-refractivity contribution < 1.29 is 17.5 Å². The summed E-state index contributed by atoms with van der Waals surface area (Å²) in [5.41, 5.74) is 1.05. The Balaban J connectivity index is 1.77. The number of sulfonamides is 1. The minimum Gasteiger partial charge on any atom is -0.491 e. The summed E-state index contributed by atoms with van der Waals surface area (Å²) >= 11 is 0. The summed E-state index contributed by atoms with van der Waals surface area (Å²) in [6, 6.07) is 7.62. The maximum absolute atomic E-state index is 14.1. The highest BCUT2D eigenvalue weighted by Gasteiger charge is 2.27. The van der Waals surface area contributed by atoms with Crippen LogP contribution in [0.15, 0.2) is 41.4 Å². The van der Waals surface area contributed by atoms with Gasteiger partial charge in [0, 0.05) is 25.5 Å². The topological polar surface area (TPSA) is 63.6 Å². The molecular weight excluding hydrogens is 369 g/mol. The van der Waals surface area contributed by atoms with Gasteiger partial charge in [0.2, 0.25) is 10.0 Å². The van der Waals surface area contributed by atoms with Crippen LogP contribution in [0.1, 0.15) is 31.5 Å². The molecule has 2 aromatic rings. The fourth-order valence-electron chi connectivity index (χ4n) is 3.49. The Hall–Kier alpha value is -1.90. The van der Waals surface area contributed by atoms with Crippen molar-refractivity contribution in [3.8, 4) is 5.75 Å². The molecule has 0 bridgehead atoms. The molecule has 8 heteroatoms. The summed E-state index contributed by atoms with van der Waals surface area (Å²) in [6.07, 6.45) is 4.17. The lowest BCUT2D eigenvalue weighted by molar-refractivity contribution is 0.238. The molecule has 1 unspecified atom stereocenters. The van der Waals surface area contributed by atoms with Crippen LogP contribution in [0.4, 0.5) is 4.39 Å². The molecule has 1 aliphatic heterocycles. The van der Waals surface area contributed by atoms with Gasteiger partial charge in [-0.2, -0.15) is 0 Å². The molecule has 3 rings (SSSR count). The summed E-state index contributed by atoms with van der Waals surface area (Å²) in [4.78, 5) is 2.19. The largest absolute Gasteiger partial charge is 0.491 e. The standard InChI is InChI=1S/C19H26FN3O3S/c1-3-26-19-9-8-15(13-16(19)20)27(24,25)21-14-18(23-11-4-5-12-23)17-7-6-10-22(17)2/h6-10,13,18,21H,3-5,11-12,14H2,1-2H3. The minimum atomic E-state index is -3.82. The lowest BCUT2D eigenvalue weighted by Gasteiger charge is -2.28. The monoisotopic (exact) mass is 395 g/mol. The van der Waals surface area contributed by atoms with Crippen molar-refractivity contribution in [3.05, 3.63) is 48.0 Å². The lowest BCUT2D eigenvalue weighted by Crippen LogP contribution is -2.37. The number of benzene rings is 1. The minimum absolute atomic E-state index is 0.0511. The molecule has 1 aromatic heterocycles. The number of aromatic nitrogens is 1. The highest BCUT2D eigenvalue weighted by atomic mass is 32.2. The lowest BCUT2D eigenvalue weighted by atomic mass is 10.2. The average molecular weight is 396 g/mol. The molecule has 0 aliphatic carbocycles. The summed E-state index contributed by atoms with van der Waals surface area (Å²) in [5, 5.41) is 0. The van der Waals surface area contributed by atoms with Crippen molar-refractivity contribution in [2.45, 2.75) is 30.7 Å². The summed E-state index contributed by atoms with van der Waals surface area (Å²) < 4.78 is 49.2. The van der Waals surface area contributed by atoms with Gasteiger partial charge in [-0.25, -0.2) is 17.5 Å². The number of hydrogen-bond donors (Lipinski definition) is 1. The van der Waals surface area contributed by atoms with Gasteiger partial charge in [0.05, 0.1) is 17.5 Å².